The molecule has 0 aromatic heterocycles. The standard InChI is InChI=1S/C11H18O2/c1-7-3-2-4-8-5-6-9(10(7)8)11(12)13/h7-10H,2-6H2,1H3,(H,12,13). The molecular weight excluding hydrogens is 164 g/mol. The minimum Gasteiger partial charge on any atom is -0.481 e. The van der Waals surface area contributed by atoms with Gasteiger partial charge in [-0.2, -0.15) is 0 Å². The molecule has 0 heterocycles. The van der Waals surface area contributed by atoms with Crippen molar-refractivity contribution in [2.45, 2.75) is 39.0 Å². The van der Waals surface area contributed by atoms with Gasteiger partial charge in [0.05, 0.1) is 5.92 Å². The second-order valence-electron chi connectivity index (χ2n) is 4.77. The average molecular weight is 182 g/mol. The first-order valence-corrected chi connectivity index (χ1v) is 5.43. The molecule has 0 saturated heterocycles. The van der Waals surface area contributed by atoms with Crippen LogP contribution in [0.5, 0.6) is 0 Å². The molecule has 2 fully saturated rings. The summed E-state index contributed by atoms with van der Waals surface area (Å²) in [5, 5.41) is 9.07. The summed E-state index contributed by atoms with van der Waals surface area (Å²) in [6.45, 7) is 2.23. The number of aliphatic carboxylic acids is 1. The Bertz CT molecular complexity index is 212. The van der Waals surface area contributed by atoms with E-state index in [1.54, 1.807) is 0 Å². The highest BCUT2D eigenvalue weighted by Crippen LogP contribution is 2.48. The maximum absolute atomic E-state index is 11.0. The van der Waals surface area contributed by atoms with Crippen LogP contribution >= 0.6 is 0 Å². The SMILES string of the molecule is CC1CCCC2CCC(C(=O)O)C12. The first-order valence-electron chi connectivity index (χ1n) is 5.43. The van der Waals surface area contributed by atoms with Crippen molar-refractivity contribution in [2.75, 3.05) is 0 Å². The Labute approximate surface area is 79.3 Å². The molecule has 13 heavy (non-hydrogen) atoms. The van der Waals surface area contributed by atoms with Gasteiger partial charge in [0.25, 0.3) is 0 Å². The topological polar surface area (TPSA) is 37.3 Å². The van der Waals surface area contributed by atoms with E-state index in [0.29, 0.717) is 11.8 Å². The van der Waals surface area contributed by atoms with E-state index >= 15 is 0 Å². The van der Waals surface area contributed by atoms with Crippen LogP contribution in [0.2, 0.25) is 0 Å². The van der Waals surface area contributed by atoms with Crippen molar-refractivity contribution in [3.63, 3.8) is 0 Å². The van der Waals surface area contributed by atoms with Gasteiger partial charge in [0.2, 0.25) is 0 Å². The van der Waals surface area contributed by atoms with Crippen molar-refractivity contribution in [3.8, 4) is 0 Å². The molecule has 2 heteroatoms. The van der Waals surface area contributed by atoms with Crippen LogP contribution in [0, 0.1) is 23.7 Å². The van der Waals surface area contributed by atoms with Crippen molar-refractivity contribution in [3.05, 3.63) is 0 Å². The van der Waals surface area contributed by atoms with E-state index in [4.69, 9.17) is 5.11 Å². The summed E-state index contributed by atoms with van der Waals surface area (Å²) in [7, 11) is 0. The van der Waals surface area contributed by atoms with Crippen molar-refractivity contribution < 1.29 is 9.90 Å². The third-order valence-corrected chi connectivity index (χ3v) is 4.07. The van der Waals surface area contributed by atoms with Gasteiger partial charge in [0, 0.05) is 0 Å². The number of rotatable bonds is 1. The minimum absolute atomic E-state index is 0.0275. The molecular formula is C11H18O2. The van der Waals surface area contributed by atoms with E-state index in [9.17, 15) is 4.79 Å². The van der Waals surface area contributed by atoms with E-state index < -0.39 is 5.97 Å². The lowest BCUT2D eigenvalue weighted by atomic mass is 9.71. The summed E-state index contributed by atoms with van der Waals surface area (Å²) in [5.74, 6) is 1.28. The van der Waals surface area contributed by atoms with Crippen LogP contribution in [0.15, 0.2) is 0 Å². The lowest BCUT2D eigenvalue weighted by Gasteiger charge is -2.33. The van der Waals surface area contributed by atoms with Gasteiger partial charge >= 0.3 is 5.97 Å². The third-order valence-electron chi connectivity index (χ3n) is 4.07. The van der Waals surface area contributed by atoms with Gasteiger partial charge in [0.15, 0.2) is 0 Å². The second-order valence-corrected chi connectivity index (χ2v) is 4.77. The number of carboxylic acids is 1. The fourth-order valence-corrected chi connectivity index (χ4v) is 3.49. The lowest BCUT2D eigenvalue weighted by molar-refractivity contribution is -0.144. The van der Waals surface area contributed by atoms with Crippen LogP contribution in [0.3, 0.4) is 0 Å². The fraction of sp³-hybridized carbons (Fsp3) is 0.909. The molecule has 0 bridgehead atoms. The smallest absolute Gasteiger partial charge is 0.306 e. The normalized spacial score (nSPS) is 44.4. The Morgan fingerprint density at radius 3 is 2.69 bits per heavy atom. The molecule has 0 radical (unpaired) electrons. The maximum atomic E-state index is 11.0. The molecule has 1 N–H and O–H groups in total. The molecule has 0 spiro atoms. The lowest BCUT2D eigenvalue weighted by Crippen LogP contribution is -2.30. The Morgan fingerprint density at radius 1 is 1.23 bits per heavy atom. The van der Waals surface area contributed by atoms with Crippen LogP contribution in [-0.2, 0) is 4.79 Å². The van der Waals surface area contributed by atoms with E-state index in [1.165, 1.54) is 19.3 Å². The van der Waals surface area contributed by atoms with E-state index in [1.807, 2.05) is 0 Å². The molecule has 2 nitrogen and oxygen atoms in total. The zero-order valence-corrected chi connectivity index (χ0v) is 8.20. The fourth-order valence-electron chi connectivity index (χ4n) is 3.49. The molecule has 2 aliphatic carbocycles. The van der Waals surface area contributed by atoms with Crippen LogP contribution in [0.25, 0.3) is 0 Å². The predicted octanol–water partition coefficient (Wildman–Crippen LogP) is 2.53. The van der Waals surface area contributed by atoms with Gasteiger partial charge in [-0.05, 0) is 30.6 Å². The first-order chi connectivity index (χ1) is 6.20. The zero-order valence-electron chi connectivity index (χ0n) is 8.20. The highest BCUT2D eigenvalue weighted by atomic mass is 16.4. The largest absolute Gasteiger partial charge is 0.481 e. The van der Waals surface area contributed by atoms with Crippen molar-refractivity contribution in [1.82, 2.24) is 0 Å². The molecule has 0 aromatic rings. The summed E-state index contributed by atoms with van der Waals surface area (Å²) in [6, 6.07) is 0. The molecule has 4 atom stereocenters. The number of hydrogen-bond acceptors (Lipinski definition) is 1. The molecule has 0 aromatic carbocycles. The summed E-state index contributed by atoms with van der Waals surface area (Å²) in [5.41, 5.74) is 0. The number of carbonyl (C=O) groups is 1. The summed E-state index contributed by atoms with van der Waals surface area (Å²) in [6.07, 6.45) is 5.92. The summed E-state index contributed by atoms with van der Waals surface area (Å²) < 4.78 is 0. The Hall–Kier alpha value is -0.530. The Morgan fingerprint density at radius 2 is 2.00 bits per heavy atom. The van der Waals surface area contributed by atoms with Gasteiger partial charge < -0.3 is 5.11 Å². The van der Waals surface area contributed by atoms with Gasteiger partial charge in [-0.15, -0.1) is 0 Å². The van der Waals surface area contributed by atoms with Crippen LogP contribution in [0.1, 0.15) is 39.0 Å². The molecule has 74 valence electrons. The molecule has 4 unspecified atom stereocenters. The van der Waals surface area contributed by atoms with Crippen LogP contribution in [0.4, 0.5) is 0 Å². The summed E-state index contributed by atoms with van der Waals surface area (Å²) >= 11 is 0. The summed E-state index contributed by atoms with van der Waals surface area (Å²) in [4.78, 5) is 11.0. The van der Waals surface area contributed by atoms with Crippen molar-refractivity contribution in [1.29, 1.82) is 0 Å². The van der Waals surface area contributed by atoms with Gasteiger partial charge in [0.1, 0.15) is 0 Å². The monoisotopic (exact) mass is 182 g/mol. The Balaban J connectivity index is 2.13. The third kappa shape index (κ3) is 1.47. The maximum Gasteiger partial charge on any atom is 0.306 e. The highest BCUT2D eigenvalue weighted by molar-refractivity contribution is 5.70. The minimum atomic E-state index is -0.554. The highest BCUT2D eigenvalue weighted by Gasteiger charge is 2.44. The number of hydrogen-bond donors (Lipinski definition) is 1. The Kier molecular flexibility index (Phi) is 2.31. The van der Waals surface area contributed by atoms with Crippen LogP contribution in [-0.4, -0.2) is 11.1 Å². The van der Waals surface area contributed by atoms with E-state index in [-0.39, 0.29) is 5.92 Å². The molecule has 2 rings (SSSR count). The quantitative estimate of drug-likeness (QED) is 0.676. The van der Waals surface area contributed by atoms with Crippen molar-refractivity contribution in [2.24, 2.45) is 23.7 Å². The zero-order chi connectivity index (χ0) is 9.42. The van der Waals surface area contributed by atoms with E-state index in [2.05, 4.69) is 6.92 Å². The van der Waals surface area contributed by atoms with Gasteiger partial charge in [-0.3, -0.25) is 4.79 Å². The molecule has 0 aliphatic heterocycles. The van der Waals surface area contributed by atoms with Gasteiger partial charge in [-0.25, -0.2) is 0 Å². The predicted molar refractivity (Wildman–Crippen MR) is 50.4 cm³/mol. The second kappa shape index (κ2) is 3.32. The van der Waals surface area contributed by atoms with Crippen molar-refractivity contribution >= 4 is 5.97 Å². The molecule has 0 amide bonds. The van der Waals surface area contributed by atoms with Crippen LogP contribution < -0.4 is 0 Å². The molecule has 2 saturated carbocycles. The number of carboxylic acid groups (broad SMARTS) is 1. The molecule has 2 aliphatic rings. The first kappa shape index (κ1) is 9.04. The van der Waals surface area contributed by atoms with Gasteiger partial charge in [-0.1, -0.05) is 26.2 Å². The van der Waals surface area contributed by atoms with E-state index in [0.717, 1.165) is 18.8 Å². The average Bonchev–Trinajstić information content (AvgIpc) is 2.49. The number of fused-ring (bicyclic) bond motifs is 1.